The van der Waals surface area contributed by atoms with Gasteiger partial charge in [-0.05, 0) is 32.6 Å². The Balaban J connectivity index is 1.32. The van der Waals surface area contributed by atoms with Crippen molar-refractivity contribution in [1.29, 1.82) is 0 Å². The summed E-state index contributed by atoms with van der Waals surface area (Å²) in [5, 5.41) is 31.7. The van der Waals surface area contributed by atoms with E-state index in [1.54, 1.807) is 32.3 Å². The van der Waals surface area contributed by atoms with Gasteiger partial charge in [-0.1, -0.05) is 25.3 Å². The molecule has 2 saturated heterocycles. The maximum absolute atomic E-state index is 13.3. The summed E-state index contributed by atoms with van der Waals surface area (Å²) in [5.41, 5.74) is 6.34. The number of aliphatic hydroxyl groups is 2. The number of imidazole rings is 1. The number of nitrogens with zero attached hydrogens (tertiary/aromatic N) is 3. The second-order valence-corrected chi connectivity index (χ2v) is 13.6. The lowest BCUT2D eigenvalue weighted by Gasteiger charge is -2.39. The third-order valence-electron chi connectivity index (χ3n) is 10.7. The number of nitrogens with one attached hydrogen (secondary N) is 3. The Morgan fingerprint density at radius 2 is 2.04 bits per heavy atom. The number of aliphatic hydroxyl groups excluding tert-OH is 1. The van der Waals surface area contributed by atoms with E-state index in [1.807, 2.05) is 9.47 Å². The van der Waals surface area contributed by atoms with Gasteiger partial charge in [0.15, 0.2) is 6.29 Å². The number of aldehydes is 1. The van der Waals surface area contributed by atoms with E-state index in [0.717, 1.165) is 32.1 Å². The number of nitrogens with two attached hydrogens (primary N) is 1. The Kier molecular flexibility index (Phi) is 9.54. The first-order valence-corrected chi connectivity index (χ1v) is 17.5. The van der Waals surface area contributed by atoms with E-state index in [2.05, 4.69) is 20.9 Å². The predicted octanol–water partition coefficient (Wildman–Crippen LogP) is 0.534. The van der Waals surface area contributed by atoms with E-state index in [9.17, 15) is 24.6 Å². The van der Waals surface area contributed by atoms with Gasteiger partial charge in [-0.25, -0.2) is 9.78 Å². The topological polar surface area (TPSA) is 212 Å². The van der Waals surface area contributed by atoms with Crippen LogP contribution in [0.2, 0.25) is 0 Å². The molecule has 51 heavy (non-hydrogen) atoms. The third-order valence-corrected chi connectivity index (χ3v) is 10.7. The van der Waals surface area contributed by atoms with Gasteiger partial charge in [-0.2, -0.15) is 0 Å². The lowest BCUT2D eigenvalue weighted by atomic mass is 9.74. The number of anilines is 1. The zero-order valence-corrected chi connectivity index (χ0v) is 28.9. The first-order chi connectivity index (χ1) is 24.6. The molecular weight excluding hydrogens is 662 g/mol. The quantitative estimate of drug-likeness (QED) is 0.147. The van der Waals surface area contributed by atoms with Gasteiger partial charge in [0.05, 0.1) is 43.7 Å². The molecule has 0 unspecified atom stereocenters. The summed E-state index contributed by atoms with van der Waals surface area (Å²) in [7, 11) is 1.49. The van der Waals surface area contributed by atoms with E-state index in [4.69, 9.17) is 24.7 Å². The Morgan fingerprint density at radius 1 is 1.25 bits per heavy atom. The van der Waals surface area contributed by atoms with Crippen LogP contribution in [-0.2, 0) is 38.7 Å². The van der Waals surface area contributed by atoms with Crippen molar-refractivity contribution < 1.29 is 43.5 Å². The van der Waals surface area contributed by atoms with Crippen LogP contribution >= 0.6 is 0 Å². The van der Waals surface area contributed by atoms with E-state index >= 15 is 0 Å². The van der Waals surface area contributed by atoms with Crippen LogP contribution in [-0.4, -0.2) is 88.5 Å². The molecule has 7 N–H and O–H groups in total. The first-order valence-electron chi connectivity index (χ1n) is 17.5. The molecule has 0 bridgehead atoms. The fourth-order valence-electron chi connectivity index (χ4n) is 8.15. The number of carbonyl (C=O) groups is 3. The summed E-state index contributed by atoms with van der Waals surface area (Å²) in [6, 6.07) is -0.555. The van der Waals surface area contributed by atoms with Gasteiger partial charge in [0.25, 0.3) is 0 Å². The number of fused-ring (bicyclic) bond motifs is 3. The lowest BCUT2D eigenvalue weighted by Crippen LogP contribution is -2.70. The van der Waals surface area contributed by atoms with Crippen LogP contribution in [0.1, 0.15) is 62.6 Å². The number of amides is 1. The van der Waals surface area contributed by atoms with E-state index in [0.29, 0.717) is 53.5 Å². The summed E-state index contributed by atoms with van der Waals surface area (Å²) in [6.07, 6.45) is 9.08. The average molecular weight is 708 g/mol. The Morgan fingerprint density at radius 3 is 2.75 bits per heavy atom. The fraction of sp³-hybridized carbons (Fsp3) is 0.543. The molecule has 274 valence electrons. The SMILES string of the molecule is CCOC(=O)C1=C(C=O)/C(=C\Cn2ccnc2N2CN[C@H]3C(=O)N[C@@H](N)N[C@@H]32)c2c(OC)c3c(c(CO)c2O1)O[C@H]([C@](C)(O)C1CCCCC1)C3. The Bertz CT molecular complexity index is 1780. The molecule has 5 heterocycles. The van der Waals surface area contributed by atoms with Gasteiger partial charge >= 0.3 is 5.97 Å². The van der Waals surface area contributed by atoms with Gasteiger partial charge in [-0.15, -0.1) is 0 Å². The normalized spacial score (nSPS) is 26.4. The van der Waals surface area contributed by atoms with Crippen LogP contribution in [0.4, 0.5) is 5.95 Å². The van der Waals surface area contributed by atoms with Crippen LogP contribution in [0.15, 0.2) is 29.8 Å². The van der Waals surface area contributed by atoms with Gasteiger partial charge in [0, 0.05) is 36.5 Å². The maximum atomic E-state index is 13.3. The number of carbonyl (C=O) groups excluding carboxylic acids is 3. The highest BCUT2D eigenvalue weighted by Crippen LogP contribution is 2.55. The maximum Gasteiger partial charge on any atom is 0.375 e. The molecule has 0 radical (unpaired) electrons. The number of rotatable bonds is 10. The van der Waals surface area contributed by atoms with Crippen molar-refractivity contribution in [3.05, 3.63) is 46.5 Å². The molecule has 1 amide bonds. The van der Waals surface area contributed by atoms with E-state index in [-0.39, 0.29) is 47.6 Å². The molecule has 1 aromatic heterocycles. The third kappa shape index (κ3) is 5.94. The molecule has 2 aromatic rings. The molecule has 7 rings (SSSR count). The predicted molar refractivity (Wildman–Crippen MR) is 182 cm³/mol. The van der Waals surface area contributed by atoms with E-state index in [1.165, 1.54) is 7.11 Å². The molecule has 5 aliphatic rings. The van der Waals surface area contributed by atoms with Crippen LogP contribution in [0.3, 0.4) is 0 Å². The largest absolute Gasteiger partial charge is 0.496 e. The standard InChI is InChI=1S/C35H45N7O9/c1-4-49-32(46)29-21(15-43)19(10-12-41-13-11-37-34(41)42-17-38-25-30(42)39-33(36)40-31(25)45)24-27(48-3)20-14-23(35(2,47)18-8-6-5-7-9-18)50-26(20)22(16-44)28(24)51-29/h10-11,13,15,18,23,25,30,33,38-39,44,47H,4-9,12,14,16-17,36H2,1-3H3,(H,40,45)/b19-10+/t23-,25+,30+,33-,35+/m0/s1. The van der Waals surface area contributed by atoms with Gasteiger partial charge in [0.2, 0.25) is 17.6 Å². The highest BCUT2D eigenvalue weighted by molar-refractivity contribution is 6.10. The lowest BCUT2D eigenvalue weighted by molar-refractivity contribution is -0.141. The molecule has 1 aromatic carbocycles. The second-order valence-electron chi connectivity index (χ2n) is 13.6. The van der Waals surface area contributed by atoms with Gasteiger partial charge < -0.3 is 43.9 Å². The molecule has 5 atom stereocenters. The van der Waals surface area contributed by atoms with Crippen molar-refractivity contribution in [2.24, 2.45) is 11.7 Å². The highest BCUT2D eigenvalue weighted by atomic mass is 16.6. The van der Waals surface area contributed by atoms with Gasteiger partial charge in [0.1, 0.15) is 47.5 Å². The van der Waals surface area contributed by atoms with Crippen molar-refractivity contribution in [3.8, 4) is 17.2 Å². The first kappa shape index (κ1) is 34.9. The van der Waals surface area contributed by atoms with E-state index < -0.39 is 42.8 Å². The van der Waals surface area contributed by atoms with Crippen molar-refractivity contribution >= 4 is 29.7 Å². The number of benzene rings is 1. The molecule has 1 saturated carbocycles. The number of esters is 1. The van der Waals surface area contributed by atoms with Crippen molar-refractivity contribution in [2.45, 2.75) is 95.7 Å². The summed E-state index contributed by atoms with van der Waals surface area (Å²) < 4.78 is 25.8. The molecule has 4 aliphatic heterocycles. The summed E-state index contributed by atoms with van der Waals surface area (Å²) in [5.74, 6) is -0.106. The number of aromatic nitrogens is 2. The Labute approximate surface area is 294 Å². The van der Waals surface area contributed by atoms with Crippen LogP contribution in [0.5, 0.6) is 17.2 Å². The monoisotopic (exact) mass is 707 g/mol. The van der Waals surface area contributed by atoms with Crippen molar-refractivity contribution in [2.75, 3.05) is 25.3 Å². The molecule has 0 spiro atoms. The number of ether oxygens (including phenoxy) is 4. The highest BCUT2D eigenvalue weighted by Gasteiger charge is 2.48. The smallest absolute Gasteiger partial charge is 0.375 e. The number of hydrogen-bond donors (Lipinski definition) is 6. The molecular formula is C35H45N7O9. The summed E-state index contributed by atoms with van der Waals surface area (Å²) in [4.78, 5) is 45.2. The summed E-state index contributed by atoms with van der Waals surface area (Å²) in [6.45, 7) is 3.43. The molecule has 16 nitrogen and oxygen atoms in total. The zero-order valence-electron chi connectivity index (χ0n) is 28.9. The molecule has 16 heteroatoms. The van der Waals surface area contributed by atoms with Crippen molar-refractivity contribution in [3.63, 3.8) is 0 Å². The minimum absolute atomic E-state index is 0.0330. The van der Waals surface area contributed by atoms with Gasteiger partial charge in [-0.3, -0.25) is 26.0 Å². The van der Waals surface area contributed by atoms with Crippen LogP contribution in [0, 0.1) is 5.92 Å². The molecule has 3 fully saturated rings. The minimum Gasteiger partial charge on any atom is -0.496 e. The van der Waals surface area contributed by atoms with Crippen LogP contribution in [0.25, 0.3) is 5.57 Å². The summed E-state index contributed by atoms with van der Waals surface area (Å²) >= 11 is 0. The number of methoxy groups -OCH3 is 1. The average Bonchev–Trinajstić information content (AvgIpc) is 3.88. The van der Waals surface area contributed by atoms with Crippen molar-refractivity contribution in [1.82, 2.24) is 25.5 Å². The van der Waals surface area contributed by atoms with Crippen LogP contribution < -0.4 is 40.8 Å². The fourth-order valence-corrected chi connectivity index (χ4v) is 8.15. The zero-order chi connectivity index (χ0) is 36.0. The number of hydrogen-bond acceptors (Lipinski definition) is 14. The Hall–Kier alpha value is -4.48. The molecule has 1 aliphatic carbocycles. The minimum atomic E-state index is -1.17. The second kappa shape index (κ2) is 13.9. The number of allylic oxidation sites excluding steroid dienone is 3.